The van der Waals surface area contributed by atoms with Gasteiger partial charge in [0, 0.05) is 27.5 Å². The largest absolute Gasteiger partial charge is 0.481 e. The first kappa shape index (κ1) is 15.1. The van der Waals surface area contributed by atoms with Gasteiger partial charge in [0.2, 0.25) is 0 Å². The minimum absolute atomic E-state index is 0.0519. The predicted molar refractivity (Wildman–Crippen MR) is 80.1 cm³/mol. The molecule has 1 atom stereocenters. The lowest BCUT2D eigenvalue weighted by Crippen LogP contribution is -2.14. The molecule has 0 aliphatic rings. The topological polar surface area (TPSA) is 80.9 Å². The second kappa shape index (κ2) is 6.45. The van der Waals surface area contributed by atoms with E-state index in [0.717, 1.165) is 14.5 Å². The number of hydrogen-bond acceptors (Lipinski definition) is 4. The summed E-state index contributed by atoms with van der Waals surface area (Å²) >= 11 is 6.87. The van der Waals surface area contributed by atoms with E-state index in [0.29, 0.717) is 12.4 Å². The van der Waals surface area contributed by atoms with Crippen molar-refractivity contribution in [1.82, 2.24) is 20.2 Å². The van der Waals surface area contributed by atoms with Crippen LogP contribution in [0.15, 0.2) is 27.1 Å². The van der Waals surface area contributed by atoms with Crippen LogP contribution in [0, 0.1) is 5.92 Å². The lowest BCUT2D eigenvalue weighted by Gasteiger charge is -2.10. The standard InChI is InChI=1S/C12H12Br2N4O2/c1-7(4-11(19)20)6-18-12(15-16-17-18)9-3-2-8(13)5-10(9)14/h2-3,5,7H,4,6H2,1H3,(H,19,20). The summed E-state index contributed by atoms with van der Waals surface area (Å²) in [7, 11) is 0. The maximum Gasteiger partial charge on any atom is 0.303 e. The van der Waals surface area contributed by atoms with Gasteiger partial charge in [-0.15, -0.1) is 5.10 Å². The Balaban J connectivity index is 2.26. The fourth-order valence-electron chi connectivity index (χ4n) is 1.85. The molecular formula is C12H12Br2N4O2. The van der Waals surface area contributed by atoms with Crippen LogP contribution in [0.3, 0.4) is 0 Å². The Bertz CT molecular complexity index is 630. The van der Waals surface area contributed by atoms with E-state index < -0.39 is 5.97 Å². The number of halogens is 2. The van der Waals surface area contributed by atoms with E-state index in [1.165, 1.54) is 0 Å². The number of carboxylic acids is 1. The third-order valence-corrected chi connectivity index (χ3v) is 3.86. The highest BCUT2D eigenvalue weighted by Gasteiger charge is 2.16. The Labute approximate surface area is 132 Å². The van der Waals surface area contributed by atoms with E-state index in [2.05, 4.69) is 47.4 Å². The monoisotopic (exact) mass is 402 g/mol. The van der Waals surface area contributed by atoms with Crippen LogP contribution < -0.4 is 0 Å². The molecule has 0 saturated heterocycles. The average molecular weight is 404 g/mol. The van der Waals surface area contributed by atoms with Crippen LogP contribution in [0.25, 0.3) is 11.4 Å². The molecule has 0 aliphatic carbocycles. The predicted octanol–water partition coefficient (Wildman–Crippen LogP) is 2.98. The van der Waals surface area contributed by atoms with Crippen LogP contribution >= 0.6 is 31.9 Å². The second-order valence-electron chi connectivity index (χ2n) is 4.51. The Morgan fingerprint density at radius 1 is 1.45 bits per heavy atom. The summed E-state index contributed by atoms with van der Waals surface area (Å²) in [4.78, 5) is 10.7. The minimum Gasteiger partial charge on any atom is -0.481 e. The number of rotatable bonds is 5. The number of aliphatic carboxylic acids is 1. The van der Waals surface area contributed by atoms with Crippen molar-refractivity contribution >= 4 is 37.8 Å². The smallest absolute Gasteiger partial charge is 0.303 e. The fourth-order valence-corrected chi connectivity index (χ4v) is 3.07. The summed E-state index contributed by atoms with van der Waals surface area (Å²) in [6.07, 6.45) is 0.0841. The molecule has 1 aromatic heterocycles. The summed E-state index contributed by atoms with van der Waals surface area (Å²) in [5, 5.41) is 20.4. The van der Waals surface area contributed by atoms with Crippen molar-refractivity contribution in [2.75, 3.05) is 0 Å². The molecule has 1 heterocycles. The number of carboxylic acid groups (broad SMARTS) is 1. The first-order valence-electron chi connectivity index (χ1n) is 5.90. The SMILES string of the molecule is CC(CC(=O)O)Cn1nnnc1-c1ccc(Br)cc1Br. The van der Waals surface area contributed by atoms with Gasteiger partial charge in [0.15, 0.2) is 5.82 Å². The van der Waals surface area contributed by atoms with Crippen LogP contribution in [0.2, 0.25) is 0 Å². The maximum absolute atomic E-state index is 10.7. The van der Waals surface area contributed by atoms with Crippen molar-refractivity contribution in [1.29, 1.82) is 0 Å². The Hall–Kier alpha value is -1.28. The highest BCUT2D eigenvalue weighted by molar-refractivity contribution is 9.11. The summed E-state index contributed by atoms with van der Waals surface area (Å²) in [5.74, 6) is -0.262. The lowest BCUT2D eigenvalue weighted by molar-refractivity contribution is -0.138. The number of tetrazole rings is 1. The van der Waals surface area contributed by atoms with Crippen molar-refractivity contribution in [3.8, 4) is 11.4 Å². The molecule has 106 valence electrons. The van der Waals surface area contributed by atoms with Gasteiger partial charge >= 0.3 is 5.97 Å². The number of carbonyl (C=O) groups is 1. The van der Waals surface area contributed by atoms with E-state index in [1.54, 1.807) is 4.68 Å². The van der Waals surface area contributed by atoms with Crippen molar-refractivity contribution in [3.63, 3.8) is 0 Å². The number of nitrogens with zero attached hydrogens (tertiary/aromatic N) is 4. The highest BCUT2D eigenvalue weighted by atomic mass is 79.9. The molecule has 0 aliphatic heterocycles. The van der Waals surface area contributed by atoms with Gasteiger partial charge in [-0.2, -0.15) is 0 Å². The average Bonchev–Trinajstić information content (AvgIpc) is 2.75. The lowest BCUT2D eigenvalue weighted by atomic mass is 10.1. The molecule has 0 fully saturated rings. The van der Waals surface area contributed by atoms with Gasteiger partial charge in [-0.05, 0) is 50.5 Å². The molecule has 2 rings (SSSR count). The summed E-state index contributed by atoms with van der Waals surface area (Å²) in [6, 6.07) is 5.72. The third kappa shape index (κ3) is 3.63. The van der Waals surface area contributed by atoms with Gasteiger partial charge in [-0.25, -0.2) is 4.68 Å². The Morgan fingerprint density at radius 3 is 2.85 bits per heavy atom. The zero-order chi connectivity index (χ0) is 14.7. The highest BCUT2D eigenvalue weighted by Crippen LogP contribution is 2.29. The fraction of sp³-hybridized carbons (Fsp3) is 0.333. The van der Waals surface area contributed by atoms with Gasteiger partial charge in [-0.3, -0.25) is 4.79 Å². The molecule has 1 aromatic carbocycles. The quantitative estimate of drug-likeness (QED) is 0.829. The van der Waals surface area contributed by atoms with Crippen molar-refractivity contribution < 1.29 is 9.90 Å². The molecule has 6 nitrogen and oxygen atoms in total. The molecule has 0 radical (unpaired) electrons. The van der Waals surface area contributed by atoms with Gasteiger partial charge in [-0.1, -0.05) is 22.9 Å². The van der Waals surface area contributed by atoms with Crippen LogP contribution in [-0.4, -0.2) is 31.3 Å². The van der Waals surface area contributed by atoms with Crippen LogP contribution in [0.5, 0.6) is 0 Å². The molecular weight excluding hydrogens is 392 g/mol. The Kier molecular flexibility index (Phi) is 4.87. The van der Waals surface area contributed by atoms with E-state index in [-0.39, 0.29) is 12.3 Å². The number of hydrogen-bond donors (Lipinski definition) is 1. The van der Waals surface area contributed by atoms with Crippen molar-refractivity contribution in [2.45, 2.75) is 19.9 Å². The van der Waals surface area contributed by atoms with Crippen LogP contribution in [0.4, 0.5) is 0 Å². The summed E-state index contributed by atoms with van der Waals surface area (Å²) in [5.41, 5.74) is 0.862. The maximum atomic E-state index is 10.7. The molecule has 0 spiro atoms. The van der Waals surface area contributed by atoms with Crippen LogP contribution in [-0.2, 0) is 11.3 Å². The molecule has 0 amide bonds. The van der Waals surface area contributed by atoms with Gasteiger partial charge in [0.1, 0.15) is 0 Å². The molecule has 8 heteroatoms. The first-order chi connectivity index (χ1) is 9.47. The number of aromatic nitrogens is 4. The van der Waals surface area contributed by atoms with E-state index in [1.807, 2.05) is 25.1 Å². The molecule has 0 saturated carbocycles. The second-order valence-corrected chi connectivity index (χ2v) is 6.28. The summed E-state index contributed by atoms with van der Waals surface area (Å²) in [6.45, 7) is 2.31. The van der Waals surface area contributed by atoms with E-state index in [9.17, 15) is 4.79 Å². The molecule has 2 aromatic rings. The first-order valence-corrected chi connectivity index (χ1v) is 7.49. The molecule has 20 heavy (non-hydrogen) atoms. The van der Waals surface area contributed by atoms with E-state index in [4.69, 9.17) is 5.11 Å². The molecule has 1 N–H and O–H groups in total. The normalized spacial score (nSPS) is 12.3. The van der Waals surface area contributed by atoms with Gasteiger partial charge < -0.3 is 5.11 Å². The molecule has 1 unspecified atom stereocenters. The summed E-state index contributed by atoms with van der Waals surface area (Å²) < 4.78 is 3.45. The minimum atomic E-state index is -0.822. The van der Waals surface area contributed by atoms with Crippen molar-refractivity contribution in [2.24, 2.45) is 5.92 Å². The molecule has 0 bridgehead atoms. The zero-order valence-corrected chi connectivity index (χ0v) is 13.8. The van der Waals surface area contributed by atoms with Gasteiger partial charge in [0.05, 0.1) is 0 Å². The zero-order valence-electron chi connectivity index (χ0n) is 10.6. The third-order valence-electron chi connectivity index (χ3n) is 2.71. The van der Waals surface area contributed by atoms with Crippen molar-refractivity contribution in [3.05, 3.63) is 27.1 Å². The number of benzene rings is 1. The van der Waals surface area contributed by atoms with E-state index >= 15 is 0 Å². The Morgan fingerprint density at radius 2 is 2.20 bits per heavy atom. The van der Waals surface area contributed by atoms with Crippen LogP contribution in [0.1, 0.15) is 13.3 Å². The van der Waals surface area contributed by atoms with Gasteiger partial charge in [0.25, 0.3) is 0 Å².